The third-order valence-electron chi connectivity index (χ3n) is 11.5. The highest BCUT2D eigenvalue weighted by molar-refractivity contribution is 5.95. The first-order valence-corrected chi connectivity index (χ1v) is 21.6. The third-order valence-corrected chi connectivity index (χ3v) is 11.5. The lowest BCUT2D eigenvalue weighted by molar-refractivity contribution is 0.0185. The van der Waals surface area contributed by atoms with Gasteiger partial charge in [0, 0.05) is 93.3 Å². The van der Waals surface area contributed by atoms with Crippen molar-refractivity contribution in [3.8, 4) is 22.5 Å². The van der Waals surface area contributed by atoms with Crippen LogP contribution in [0, 0.1) is 34.9 Å². The fourth-order valence-electron chi connectivity index (χ4n) is 8.11. The standard InChI is InChI=1S/C22H21F3N4O.C16H22F2N2O2.C11H9FN2O2/c1-29-21(7-9-27-29)13-2-4-17(18(24)10-13)22(30)28-20-12-26-8-6-16(20)15-5-3-14(23)11-19(15)25;1-16(2,3)22-15(21)20-7-6-12(14(19)9-20)11-5-4-10(17)8-13(11)18;1-14-10(4-5-13-14)7-2-3-8(11(15)16)9(12)6-7/h2-5,7,9-11,16,20,26H,6,8,12H2,1H3,(H,28,30);4-5,8,12,14H,6-7,9,19H2,1-3H3;2-6H,1H3,(H,15,16)/t16-,20+;12-,14+;/m00./s1. The maximum atomic E-state index is 14.7. The summed E-state index contributed by atoms with van der Waals surface area (Å²) in [6.07, 6.45) is 3.87. The Morgan fingerprint density at radius 3 is 1.71 bits per heavy atom. The lowest BCUT2D eigenvalue weighted by Gasteiger charge is -2.37. The second-order valence-corrected chi connectivity index (χ2v) is 17.4. The number of carboxylic acids is 1. The van der Waals surface area contributed by atoms with E-state index in [0.29, 0.717) is 54.7 Å². The zero-order chi connectivity index (χ0) is 49.4. The summed E-state index contributed by atoms with van der Waals surface area (Å²) in [7, 11) is 3.48. The highest BCUT2D eigenvalue weighted by Crippen LogP contribution is 2.32. The number of nitrogens with two attached hydrogens (primary N) is 1. The number of amides is 2. The van der Waals surface area contributed by atoms with Crippen LogP contribution in [0.5, 0.6) is 0 Å². The van der Waals surface area contributed by atoms with Gasteiger partial charge in [0.15, 0.2) is 0 Å². The van der Waals surface area contributed by atoms with Crippen LogP contribution in [-0.2, 0) is 18.8 Å². The average Bonchev–Trinajstić information content (AvgIpc) is 3.91. The van der Waals surface area contributed by atoms with Crippen LogP contribution < -0.4 is 16.4 Å². The molecule has 0 aliphatic carbocycles. The molecule has 0 bridgehead atoms. The molecule has 2 fully saturated rings. The Hall–Kier alpha value is -6.99. The van der Waals surface area contributed by atoms with Crippen molar-refractivity contribution < 1.29 is 50.6 Å². The molecule has 2 aliphatic rings. The first-order chi connectivity index (χ1) is 32.2. The lowest BCUT2D eigenvalue weighted by Crippen LogP contribution is -2.50. The van der Waals surface area contributed by atoms with Gasteiger partial charge < -0.3 is 31.1 Å². The number of likely N-dealkylation sites (tertiary alicyclic amines) is 1. The molecule has 6 aromatic rings. The molecule has 4 aromatic carbocycles. The molecule has 19 heteroatoms. The number of nitrogens with zero attached hydrogens (tertiary/aromatic N) is 5. The second-order valence-electron chi connectivity index (χ2n) is 17.4. The van der Waals surface area contributed by atoms with Gasteiger partial charge in [0.2, 0.25) is 0 Å². The van der Waals surface area contributed by atoms with Crippen LogP contribution in [0.2, 0.25) is 0 Å². The zero-order valence-electron chi connectivity index (χ0n) is 38.0. The fourth-order valence-corrected chi connectivity index (χ4v) is 8.11. The second kappa shape index (κ2) is 21.8. The van der Waals surface area contributed by atoms with Gasteiger partial charge in [0.25, 0.3) is 5.91 Å². The van der Waals surface area contributed by atoms with Gasteiger partial charge in [-0.3, -0.25) is 14.2 Å². The van der Waals surface area contributed by atoms with Gasteiger partial charge in [-0.25, -0.2) is 35.9 Å². The fraction of sp³-hybridized carbons (Fsp3) is 0.327. The smallest absolute Gasteiger partial charge is 0.410 e. The van der Waals surface area contributed by atoms with Gasteiger partial charge in [-0.15, -0.1) is 0 Å². The van der Waals surface area contributed by atoms with Crippen LogP contribution >= 0.6 is 0 Å². The van der Waals surface area contributed by atoms with E-state index >= 15 is 0 Å². The number of aromatic nitrogens is 4. The number of carbonyl (C=O) groups excluding carboxylic acids is 2. The SMILES string of the molecule is CC(C)(C)OC(=O)N1CC[C@@H](c2ccc(F)cc2F)[C@H](N)C1.Cn1nccc1-c1ccc(C(=O)N[C@@H]2CNCC[C@H]2c2ccc(F)cc2F)c(F)c1.Cn1nccc1-c1ccc(C(=O)O)c(F)c1. The minimum atomic E-state index is -1.27. The molecule has 4 heterocycles. The first kappa shape index (κ1) is 50.4. The number of carboxylic acid groups (broad SMARTS) is 1. The summed E-state index contributed by atoms with van der Waals surface area (Å²) < 4.78 is 91.1. The van der Waals surface area contributed by atoms with E-state index in [2.05, 4.69) is 20.8 Å². The molecule has 2 saturated heterocycles. The van der Waals surface area contributed by atoms with E-state index in [0.717, 1.165) is 23.5 Å². The monoisotopic (exact) mass is 946 g/mol. The third kappa shape index (κ3) is 12.5. The van der Waals surface area contributed by atoms with Crippen LogP contribution in [0.4, 0.5) is 31.1 Å². The maximum absolute atomic E-state index is 14.7. The molecule has 8 rings (SSSR count). The highest BCUT2D eigenvalue weighted by atomic mass is 19.2. The van der Waals surface area contributed by atoms with Crippen LogP contribution in [0.1, 0.15) is 77.3 Å². The highest BCUT2D eigenvalue weighted by Gasteiger charge is 2.34. The topological polar surface area (TPSA) is 170 Å². The average molecular weight is 947 g/mol. The Morgan fingerprint density at radius 2 is 1.25 bits per heavy atom. The Labute approximate surface area is 388 Å². The van der Waals surface area contributed by atoms with E-state index in [1.54, 1.807) is 80.9 Å². The first-order valence-electron chi connectivity index (χ1n) is 21.6. The molecule has 0 saturated carbocycles. The molecule has 4 atom stereocenters. The summed E-state index contributed by atoms with van der Waals surface area (Å²) in [4.78, 5) is 37.0. The molecule has 13 nitrogen and oxygen atoms in total. The van der Waals surface area contributed by atoms with Crippen molar-refractivity contribution in [2.45, 2.75) is 63.1 Å². The largest absolute Gasteiger partial charge is 0.478 e. The molecule has 0 unspecified atom stereocenters. The van der Waals surface area contributed by atoms with Crippen molar-refractivity contribution in [3.63, 3.8) is 0 Å². The number of aromatic carboxylic acids is 1. The number of benzene rings is 4. The molecule has 2 amide bonds. The number of piperidine rings is 2. The normalized spacial score (nSPS) is 18.1. The molecule has 2 aromatic heterocycles. The van der Waals surface area contributed by atoms with Crippen molar-refractivity contribution in [1.82, 2.24) is 35.1 Å². The molecular formula is C49H52F6N8O5. The molecule has 2 aliphatic heterocycles. The quantitative estimate of drug-likeness (QED) is 0.115. The van der Waals surface area contributed by atoms with E-state index < -0.39 is 70.6 Å². The van der Waals surface area contributed by atoms with Crippen molar-refractivity contribution in [2.75, 3.05) is 26.2 Å². The molecular weight excluding hydrogens is 895 g/mol. The number of carbonyl (C=O) groups is 3. The van der Waals surface area contributed by atoms with Crippen LogP contribution in [0.3, 0.4) is 0 Å². The summed E-state index contributed by atoms with van der Waals surface area (Å²) in [5, 5.41) is 22.7. The van der Waals surface area contributed by atoms with E-state index in [9.17, 15) is 40.7 Å². The van der Waals surface area contributed by atoms with Crippen LogP contribution in [-0.4, -0.2) is 91.4 Å². The van der Waals surface area contributed by atoms with Crippen LogP contribution in [0.15, 0.2) is 97.3 Å². The van der Waals surface area contributed by atoms with Gasteiger partial charge in [-0.2, -0.15) is 10.2 Å². The van der Waals surface area contributed by atoms with Crippen molar-refractivity contribution in [2.24, 2.45) is 19.8 Å². The minimum Gasteiger partial charge on any atom is -0.478 e. The van der Waals surface area contributed by atoms with E-state index in [1.807, 2.05) is 0 Å². The summed E-state index contributed by atoms with van der Waals surface area (Å²) >= 11 is 0. The lowest BCUT2D eigenvalue weighted by atomic mass is 9.85. The van der Waals surface area contributed by atoms with Gasteiger partial charge in [0.1, 0.15) is 40.5 Å². The van der Waals surface area contributed by atoms with Gasteiger partial charge in [0.05, 0.1) is 22.5 Å². The Bertz CT molecular complexity index is 2760. The number of aryl methyl sites for hydroxylation is 2. The Balaban J connectivity index is 0.000000177. The molecule has 360 valence electrons. The molecule has 68 heavy (non-hydrogen) atoms. The Morgan fingerprint density at radius 1 is 0.721 bits per heavy atom. The number of ether oxygens (including phenoxy) is 1. The Kier molecular flexibility index (Phi) is 16.1. The predicted molar refractivity (Wildman–Crippen MR) is 242 cm³/mol. The van der Waals surface area contributed by atoms with Crippen molar-refractivity contribution in [1.29, 1.82) is 0 Å². The number of halogens is 6. The van der Waals surface area contributed by atoms with Gasteiger partial charge in [-0.05, 0) is 99.8 Å². The van der Waals surface area contributed by atoms with E-state index in [1.165, 1.54) is 53.4 Å². The zero-order valence-corrected chi connectivity index (χ0v) is 38.0. The predicted octanol–water partition coefficient (Wildman–Crippen LogP) is 8.32. The summed E-state index contributed by atoms with van der Waals surface area (Å²) in [6, 6.07) is 18.0. The number of nitrogens with one attached hydrogen (secondary N) is 2. The summed E-state index contributed by atoms with van der Waals surface area (Å²) in [5.74, 6) is -6.32. The van der Waals surface area contributed by atoms with Crippen molar-refractivity contribution >= 4 is 18.0 Å². The van der Waals surface area contributed by atoms with Crippen LogP contribution in [0.25, 0.3) is 22.5 Å². The minimum absolute atomic E-state index is 0.0928. The van der Waals surface area contributed by atoms with E-state index in [4.69, 9.17) is 15.6 Å². The molecule has 5 N–H and O–H groups in total. The summed E-state index contributed by atoms with van der Waals surface area (Å²) in [5.41, 5.74) is 8.52. The molecule has 0 spiro atoms. The maximum Gasteiger partial charge on any atom is 0.410 e. The van der Waals surface area contributed by atoms with Gasteiger partial charge in [-0.1, -0.05) is 24.3 Å². The number of hydrogen-bond acceptors (Lipinski definition) is 8. The molecule has 0 radical (unpaired) electrons. The van der Waals surface area contributed by atoms with E-state index in [-0.39, 0.29) is 29.5 Å². The summed E-state index contributed by atoms with van der Waals surface area (Å²) in [6.45, 7) is 7.16. The number of hydrogen-bond donors (Lipinski definition) is 4. The number of rotatable bonds is 7. The van der Waals surface area contributed by atoms with Crippen molar-refractivity contribution in [3.05, 3.63) is 154 Å². The van der Waals surface area contributed by atoms with Gasteiger partial charge >= 0.3 is 12.1 Å².